The van der Waals surface area contributed by atoms with Crippen molar-refractivity contribution in [1.29, 1.82) is 0 Å². The first-order chi connectivity index (χ1) is 9.19. The van der Waals surface area contributed by atoms with E-state index in [-0.39, 0.29) is 5.25 Å². The van der Waals surface area contributed by atoms with Crippen LogP contribution in [0.25, 0.3) is 0 Å². The molecule has 3 nitrogen and oxygen atoms in total. The summed E-state index contributed by atoms with van der Waals surface area (Å²) in [7, 11) is -3.10. The first-order valence-electron chi connectivity index (χ1n) is 7.23. The molecule has 1 aliphatic carbocycles. The van der Waals surface area contributed by atoms with Crippen LogP contribution in [0.2, 0.25) is 0 Å². The molecule has 0 aromatic heterocycles. The molecule has 0 bridgehead atoms. The van der Waals surface area contributed by atoms with Crippen molar-refractivity contribution in [2.45, 2.75) is 48.2 Å². The van der Waals surface area contributed by atoms with E-state index in [1.165, 1.54) is 0 Å². The Bertz CT molecular complexity index is 543. The van der Waals surface area contributed by atoms with Gasteiger partial charge in [-0.15, -0.1) is 0 Å². The zero-order valence-corrected chi connectivity index (χ0v) is 12.0. The molecule has 0 unspecified atom stereocenters. The molecular formula is C15H21NO2S. The fraction of sp³-hybridized carbons (Fsp3) is 0.600. The number of hydrogen-bond acceptors (Lipinski definition) is 3. The molecule has 4 heteroatoms. The van der Waals surface area contributed by atoms with Crippen LogP contribution in [-0.4, -0.2) is 26.8 Å². The summed E-state index contributed by atoms with van der Waals surface area (Å²) in [6, 6.07) is 7.65. The van der Waals surface area contributed by atoms with E-state index in [4.69, 9.17) is 0 Å². The molecule has 1 saturated heterocycles. The van der Waals surface area contributed by atoms with Crippen molar-refractivity contribution >= 4 is 9.84 Å². The largest absolute Gasteiger partial charge is 0.317 e. The van der Waals surface area contributed by atoms with Gasteiger partial charge in [-0.25, -0.2) is 8.42 Å². The Balaban J connectivity index is 1.96. The highest BCUT2D eigenvalue weighted by atomic mass is 32.2. The smallest absolute Gasteiger partial charge is 0.181 e. The monoisotopic (exact) mass is 279 g/mol. The van der Waals surface area contributed by atoms with Crippen LogP contribution in [0.15, 0.2) is 29.2 Å². The number of hydrogen-bond donors (Lipinski definition) is 1. The van der Waals surface area contributed by atoms with E-state index in [0.29, 0.717) is 10.8 Å². The summed E-state index contributed by atoms with van der Waals surface area (Å²) in [5.41, 5.74) is 1.05. The van der Waals surface area contributed by atoms with E-state index < -0.39 is 9.84 Å². The lowest BCUT2D eigenvalue weighted by Gasteiger charge is -2.29. The van der Waals surface area contributed by atoms with Crippen molar-refractivity contribution in [1.82, 2.24) is 5.32 Å². The standard InChI is InChI=1S/C15H21NO2S/c17-19(18,13-4-3-5-13)15-7-2-1-6-14(15)12-8-10-16-11-9-12/h1-2,6-7,12-13,16H,3-5,8-11H2. The number of sulfone groups is 1. The zero-order valence-electron chi connectivity index (χ0n) is 11.1. The van der Waals surface area contributed by atoms with Gasteiger partial charge in [-0.1, -0.05) is 24.6 Å². The average Bonchev–Trinajstić information content (AvgIpc) is 2.37. The SMILES string of the molecule is O=S(=O)(c1ccccc1C1CCNCC1)C1CCC1. The molecule has 2 fully saturated rings. The van der Waals surface area contributed by atoms with Crippen molar-refractivity contribution < 1.29 is 8.42 Å². The quantitative estimate of drug-likeness (QED) is 0.924. The highest BCUT2D eigenvalue weighted by molar-refractivity contribution is 7.92. The average molecular weight is 279 g/mol. The van der Waals surface area contributed by atoms with E-state index in [0.717, 1.165) is 50.8 Å². The summed E-state index contributed by atoms with van der Waals surface area (Å²) in [5.74, 6) is 0.396. The van der Waals surface area contributed by atoms with E-state index in [1.807, 2.05) is 24.3 Å². The van der Waals surface area contributed by atoms with Gasteiger partial charge in [0.2, 0.25) is 0 Å². The van der Waals surface area contributed by atoms with Crippen LogP contribution in [0.3, 0.4) is 0 Å². The van der Waals surface area contributed by atoms with Gasteiger partial charge in [0.25, 0.3) is 0 Å². The maximum absolute atomic E-state index is 12.7. The predicted octanol–water partition coefficient (Wildman–Crippen LogP) is 2.48. The summed E-state index contributed by atoms with van der Waals surface area (Å²) >= 11 is 0. The van der Waals surface area contributed by atoms with E-state index in [1.54, 1.807) is 0 Å². The Morgan fingerprint density at radius 1 is 1.00 bits per heavy atom. The Morgan fingerprint density at radius 2 is 1.68 bits per heavy atom. The third-order valence-corrected chi connectivity index (χ3v) is 6.83. The van der Waals surface area contributed by atoms with Crippen LogP contribution >= 0.6 is 0 Å². The van der Waals surface area contributed by atoms with Crippen molar-refractivity contribution in [2.75, 3.05) is 13.1 Å². The second kappa shape index (κ2) is 5.25. The van der Waals surface area contributed by atoms with Crippen molar-refractivity contribution in [2.24, 2.45) is 0 Å². The molecule has 1 N–H and O–H groups in total. The Hall–Kier alpha value is -0.870. The Morgan fingerprint density at radius 3 is 2.32 bits per heavy atom. The molecule has 3 rings (SSSR count). The summed E-state index contributed by atoms with van der Waals surface area (Å²) in [5, 5.41) is 3.21. The van der Waals surface area contributed by atoms with Gasteiger partial charge in [0.15, 0.2) is 9.84 Å². The van der Waals surface area contributed by atoms with Crippen LogP contribution < -0.4 is 5.32 Å². The molecule has 0 radical (unpaired) electrons. The predicted molar refractivity (Wildman–Crippen MR) is 76.1 cm³/mol. The highest BCUT2D eigenvalue weighted by Gasteiger charge is 2.35. The fourth-order valence-corrected chi connectivity index (χ4v) is 5.22. The third kappa shape index (κ3) is 2.43. The second-order valence-corrected chi connectivity index (χ2v) is 7.86. The number of rotatable bonds is 3. The zero-order chi connectivity index (χ0) is 13.3. The van der Waals surface area contributed by atoms with Gasteiger partial charge in [-0.05, 0) is 56.3 Å². The number of nitrogens with one attached hydrogen (secondary N) is 1. The lowest BCUT2D eigenvalue weighted by atomic mass is 9.90. The number of piperidine rings is 1. The van der Waals surface area contributed by atoms with Crippen LogP contribution in [0, 0.1) is 0 Å². The van der Waals surface area contributed by atoms with Crippen LogP contribution in [0.5, 0.6) is 0 Å². The van der Waals surface area contributed by atoms with Gasteiger partial charge < -0.3 is 5.32 Å². The molecule has 0 atom stereocenters. The first kappa shape index (κ1) is 13.1. The van der Waals surface area contributed by atoms with Gasteiger partial charge in [0.1, 0.15) is 0 Å². The van der Waals surface area contributed by atoms with Crippen LogP contribution in [0.1, 0.15) is 43.6 Å². The third-order valence-electron chi connectivity index (χ3n) is 4.50. The summed E-state index contributed by atoms with van der Waals surface area (Å²) in [6.07, 6.45) is 4.81. The Labute approximate surface area is 115 Å². The molecule has 19 heavy (non-hydrogen) atoms. The molecule has 2 aliphatic rings. The molecule has 0 amide bonds. The Kier molecular flexibility index (Phi) is 3.63. The maximum atomic E-state index is 12.7. The first-order valence-corrected chi connectivity index (χ1v) is 8.78. The molecule has 1 aliphatic heterocycles. The molecule has 1 saturated carbocycles. The second-order valence-electron chi connectivity index (χ2n) is 5.66. The minimum Gasteiger partial charge on any atom is -0.317 e. The molecular weight excluding hydrogens is 258 g/mol. The molecule has 0 spiro atoms. The fourth-order valence-electron chi connectivity index (χ4n) is 3.07. The van der Waals surface area contributed by atoms with Gasteiger partial charge in [-0.3, -0.25) is 0 Å². The lowest BCUT2D eigenvalue weighted by Crippen LogP contribution is -2.31. The van der Waals surface area contributed by atoms with Gasteiger partial charge >= 0.3 is 0 Å². The molecule has 1 aromatic carbocycles. The van der Waals surface area contributed by atoms with Crippen molar-refractivity contribution in [3.8, 4) is 0 Å². The minimum absolute atomic E-state index is 0.129. The van der Waals surface area contributed by atoms with Gasteiger partial charge in [0, 0.05) is 0 Å². The molecule has 104 valence electrons. The molecule has 1 aromatic rings. The van der Waals surface area contributed by atoms with Crippen LogP contribution in [-0.2, 0) is 9.84 Å². The van der Waals surface area contributed by atoms with Gasteiger partial charge in [0.05, 0.1) is 10.1 Å². The summed E-state index contributed by atoms with van der Waals surface area (Å²) in [4.78, 5) is 0.603. The summed E-state index contributed by atoms with van der Waals surface area (Å²) in [6.45, 7) is 1.98. The normalized spacial score (nSPS) is 22.1. The maximum Gasteiger partial charge on any atom is 0.181 e. The van der Waals surface area contributed by atoms with E-state index >= 15 is 0 Å². The van der Waals surface area contributed by atoms with E-state index in [9.17, 15) is 8.42 Å². The lowest BCUT2D eigenvalue weighted by molar-refractivity contribution is 0.451. The highest BCUT2D eigenvalue weighted by Crippen LogP contribution is 2.36. The number of benzene rings is 1. The van der Waals surface area contributed by atoms with Crippen LogP contribution in [0.4, 0.5) is 0 Å². The molecule has 1 heterocycles. The van der Waals surface area contributed by atoms with E-state index in [2.05, 4.69) is 5.32 Å². The topological polar surface area (TPSA) is 46.2 Å². The minimum atomic E-state index is -3.10. The van der Waals surface area contributed by atoms with Crippen molar-refractivity contribution in [3.63, 3.8) is 0 Å². The van der Waals surface area contributed by atoms with Crippen molar-refractivity contribution in [3.05, 3.63) is 29.8 Å². The van der Waals surface area contributed by atoms with Gasteiger partial charge in [-0.2, -0.15) is 0 Å². The summed E-state index contributed by atoms with van der Waals surface area (Å²) < 4.78 is 25.3.